The minimum absolute atomic E-state index is 0.0524. The largest absolute Gasteiger partial charge is 0.497 e. The molecule has 0 radical (unpaired) electrons. The van der Waals surface area contributed by atoms with Crippen molar-refractivity contribution in [1.82, 2.24) is 9.88 Å². The molecule has 22 heavy (non-hydrogen) atoms. The second-order valence-corrected chi connectivity index (χ2v) is 4.76. The number of nitrogens with zero attached hydrogens (tertiary/aromatic N) is 2. The number of hydrogen-bond acceptors (Lipinski definition) is 4. The smallest absolute Gasteiger partial charge is 0.272 e. The predicted octanol–water partition coefficient (Wildman–Crippen LogP) is 3.32. The van der Waals surface area contributed by atoms with Gasteiger partial charge >= 0.3 is 0 Å². The van der Waals surface area contributed by atoms with Gasteiger partial charge in [0, 0.05) is 30.7 Å². The Morgan fingerprint density at radius 2 is 1.82 bits per heavy atom. The van der Waals surface area contributed by atoms with Gasteiger partial charge in [0.05, 0.1) is 7.11 Å². The maximum absolute atomic E-state index is 12.3. The van der Waals surface area contributed by atoms with Crippen LogP contribution in [0.2, 0.25) is 0 Å². The van der Waals surface area contributed by atoms with E-state index in [4.69, 9.17) is 4.74 Å². The number of pyridine rings is 1. The first-order valence-electron chi connectivity index (χ1n) is 7.34. The summed E-state index contributed by atoms with van der Waals surface area (Å²) in [5, 5.41) is 3.26. The number of anilines is 2. The number of hydrogen-bond donors (Lipinski definition) is 1. The molecular formula is C17H21N3O2. The number of carbonyl (C=O) groups is 1. The van der Waals surface area contributed by atoms with E-state index in [0.29, 0.717) is 18.8 Å². The van der Waals surface area contributed by atoms with Gasteiger partial charge in [0.15, 0.2) is 0 Å². The van der Waals surface area contributed by atoms with Crippen LogP contribution in [0.25, 0.3) is 0 Å². The van der Waals surface area contributed by atoms with Gasteiger partial charge in [0.1, 0.15) is 11.4 Å². The summed E-state index contributed by atoms with van der Waals surface area (Å²) in [6, 6.07) is 11.2. The Kier molecular flexibility index (Phi) is 5.36. The highest BCUT2D eigenvalue weighted by Crippen LogP contribution is 2.20. The quantitative estimate of drug-likeness (QED) is 0.889. The van der Waals surface area contributed by atoms with E-state index < -0.39 is 0 Å². The molecule has 1 N–H and O–H groups in total. The Hall–Kier alpha value is -2.56. The van der Waals surface area contributed by atoms with E-state index in [9.17, 15) is 4.79 Å². The van der Waals surface area contributed by atoms with E-state index in [-0.39, 0.29) is 5.91 Å². The Bertz CT molecular complexity index is 622. The average Bonchev–Trinajstić information content (AvgIpc) is 2.57. The van der Waals surface area contributed by atoms with Gasteiger partial charge in [-0.3, -0.25) is 9.78 Å². The van der Waals surface area contributed by atoms with Crippen LogP contribution in [0, 0.1) is 0 Å². The molecule has 0 bridgehead atoms. The van der Waals surface area contributed by atoms with Crippen LogP contribution in [-0.2, 0) is 0 Å². The molecule has 5 nitrogen and oxygen atoms in total. The molecule has 2 aromatic rings. The first-order chi connectivity index (χ1) is 10.7. The maximum atomic E-state index is 12.3. The van der Waals surface area contributed by atoms with Crippen LogP contribution in [0.15, 0.2) is 42.6 Å². The summed E-state index contributed by atoms with van der Waals surface area (Å²) in [6.45, 7) is 5.27. The van der Waals surface area contributed by atoms with Crippen LogP contribution < -0.4 is 10.1 Å². The maximum Gasteiger partial charge on any atom is 0.272 e. The lowest BCUT2D eigenvalue weighted by atomic mass is 10.2. The third kappa shape index (κ3) is 3.75. The summed E-state index contributed by atoms with van der Waals surface area (Å²) in [7, 11) is 1.64. The molecule has 0 saturated heterocycles. The van der Waals surface area contributed by atoms with Crippen molar-refractivity contribution >= 4 is 17.3 Å². The van der Waals surface area contributed by atoms with Crippen molar-refractivity contribution in [2.24, 2.45) is 0 Å². The number of nitrogens with one attached hydrogen (secondary N) is 1. The molecule has 0 aliphatic rings. The zero-order valence-electron chi connectivity index (χ0n) is 13.2. The van der Waals surface area contributed by atoms with E-state index in [1.807, 2.05) is 44.2 Å². The van der Waals surface area contributed by atoms with Gasteiger partial charge in [-0.05, 0) is 50.2 Å². The second kappa shape index (κ2) is 7.45. The lowest BCUT2D eigenvalue weighted by Crippen LogP contribution is -2.31. The molecule has 1 amide bonds. The zero-order chi connectivity index (χ0) is 15.9. The van der Waals surface area contributed by atoms with Gasteiger partial charge in [-0.15, -0.1) is 0 Å². The van der Waals surface area contributed by atoms with Crippen molar-refractivity contribution in [2.45, 2.75) is 13.8 Å². The average molecular weight is 299 g/mol. The highest BCUT2D eigenvalue weighted by Gasteiger charge is 2.14. The van der Waals surface area contributed by atoms with Crippen molar-refractivity contribution in [1.29, 1.82) is 0 Å². The first kappa shape index (κ1) is 15.8. The summed E-state index contributed by atoms with van der Waals surface area (Å²) < 4.78 is 5.13. The lowest BCUT2D eigenvalue weighted by molar-refractivity contribution is 0.0767. The molecule has 2 rings (SSSR count). The number of methoxy groups -OCH3 is 1. The number of ether oxygens (including phenoxy) is 1. The van der Waals surface area contributed by atoms with Gasteiger partial charge in [-0.2, -0.15) is 0 Å². The van der Waals surface area contributed by atoms with Crippen LogP contribution in [0.3, 0.4) is 0 Å². The van der Waals surface area contributed by atoms with Crippen LogP contribution in [0.5, 0.6) is 5.75 Å². The molecule has 0 unspecified atom stereocenters. The monoisotopic (exact) mass is 299 g/mol. The van der Waals surface area contributed by atoms with E-state index in [0.717, 1.165) is 17.1 Å². The first-order valence-corrected chi connectivity index (χ1v) is 7.34. The summed E-state index contributed by atoms with van der Waals surface area (Å²) in [6.07, 6.45) is 1.64. The molecule has 116 valence electrons. The van der Waals surface area contributed by atoms with Gasteiger partial charge in [0.25, 0.3) is 5.91 Å². The van der Waals surface area contributed by atoms with Gasteiger partial charge in [0.2, 0.25) is 0 Å². The van der Waals surface area contributed by atoms with Crippen molar-refractivity contribution in [2.75, 3.05) is 25.5 Å². The van der Waals surface area contributed by atoms with E-state index >= 15 is 0 Å². The molecule has 0 atom stereocenters. The molecule has 1 heterocycles. The highest BCUT2D eigenvalue weighted by atomic mass is 16.5. The molecule has 1 aromatic heterocycles. The third-order valence-electron chi connectivity index (χ3n) is 3.41. The molecule has 5 heteroatoms. The van der Waals surface area contributed by atoms with Gasteiger partial charge in [-0.1, -0.05) is 0 Å². The van der Waals surface area contributed by atoms with E-state index in [1.54, 1.807) is 24.3 Å². The van der Waals surface area contributed by atoms with Gasteiger partial charge < -0.3 is 15.0 Å². The summed E-state index contributed by atoms with van der Waals surface area (Å²) in [5.74, 6) is 0.751. The van der Waals surface area contributed by atoms with Gasteiger partial charge in [-0.25, -0.2) is 0 Å². The van der Waals surface area contributed by atoms with Crippen molar-refractivity contribution in [3.05, 3.63) is 48.3 Å². The molecule has 0 aliphatic heterocycles. The normalized spacial score (nSPS) is 10.1. The molecule has 0 saturated carbocycles. The molecule has 0 aliphatic carbocycles. The number of carbonyl (C=O) groups excluding carboxylic acids is 1. The zero-order valence-corrected chi connectivity index (χ0v) is 13.2. The molecule has 0 fully saturated rings. The Labute approximate surface area is 130 Å². The van der Waals surface area contributed by atoms with Crippen LogP contribution in [0.1, 0.15) is 24.3 Å². The van der Waals surface area contributed by atoms with Crippen molar-refractivity contribution in [3.63, 3.8) is 0 Å². The van der Waals surface area contributed by atoms with Crippen LogP contribution >= 0.6 is 0 Å². The lowest BCUT2D eigenvalue weighted by Gasteiger charge is -2.18. The number of amides is 1. The van der Waals surface area contributed by atoms with Crippen LogP contribution in [-0.4, -0.2) is 36.0 Å². The van der Waals surface area contributed by atoms with Crippen molar-refractivity contribution in [3.8, 4) is 5.75 Å². The second-order valence-electron chi connectivity index (χ2n) is 4.76. The number of rotatable bonds is 6. The Balaban J connectivity index is 2.15. The number of benzene rings is 1. The Morgan fingerprint density at radius 3 is 2.41 bits per heavy atom. The fraction of sp³-hybridized carbons (Fsp3) is 0.294. The summed E-state index contributed by atoms with van der Waals surface area (Å²) in [5.41, 5.74) is 2.20. The third-order valence-corrected chi connectivity index (χ3v) is 3.41. The fourth-order valence-electron chi connectivity index (χ4n) is 2.14. The summed E-state index contributed by atoms with van der Waals surface area (Å²) >= 11 is 0. The SMILES string of the molecule is CCN(CC)C(=O)c1cc(Nc2ccc(OC)cc2)ccn1. The minimum atomic E-state index is -0.0524. The standard InChI is InChI=1S/C17H21N3O2/c1-4-20(5-2)17(21)16-12-14(10-11-18-16)19-13-6-8-15(22-3)9-7-13/h6-12H,4-5H2,1-3H3,(H,18,19). The molecule has 1 aromatic carbocycles. The topological polar surface area (TPSA) is 54.5 Å². The summed E-state index contributed by atoms with van der Waals surface area (Å²) in [4.78, 5) is 18.2. The van der Waals surface area contributed by atoms with E-state index in [1.165, 1.54) is 0 Å². The minimum Gasteiger partial charge on any atom is -0.497 e. The Morgan fingerprint density at radius 1 is 1.14 bits per heavy atom. The van der Waals surface area contributed by atoms with Crippen molar-refractivity contribution < 1.29 is 9.53 Å². The molecular weight excluding hydrogens is 278 g/mol. The van der Waals surface area contributed by atoms with E-state index in [2.05, 4.69) is 10.3 Å². The van der Waals surface area contributed by atoms with Crippen LogP contribution in [0.4, 0.5) is 11.4 Å². The fourth-order valence-corrected chi connectivity index (χ4v) is 2.14. The predicted molar refractivity (Wildman–Crippen MR) is 87.8 cm³/mol. The number of aromatic nitrogens is 1. The highest BCUT2D eigenvalue weighted by molar-refractivity contribution is 5.93. The molecule has 0 spiro atoms.